The number of aromatic nitrogens is 6. The molecule has 0 aliphatic rings. The molecule has 12 heteroatoms. The normalized spacial score (nSPS) is 12.6. The minimum Gasteiger partial charge on any atom is -0.495 e. The van der Waals surface area contributed by atoms with Crippen LogP contribution in [0.5, 0.6) is 5.75 Å². The Morgan fingerprint density at radius 3 is 2.83 bits per heavy atom. The average molecular weight is 453 g/mol. The number of nitrogens with one attached hydrogen (secondary N) is 1. The van der Waals surface area contributed by atoms with Gasteiger partial charge in [-0.1, -0.05) is 23.4 Å². The molecule has 1 atom stereocenters. The van der Waals surface area contributed by atoms with Gasteiger partial charge >= 0.3 is 0 Å². The number of halogens is 2. The lowest BCUT2D eigenvalue weighted by Gasteiger charge is -2.07. The molecule has 0 radical (unpaired) electrons. The number of ether oxygens (including phenoxy) is 2. The second kappa shape index (κ2) is 8.26. The predicted octanol–water partition coefficient (Wildman–Crippen LogP) is 3.01. The number of nitrogens with zero attached hydrogens (tertiary/aromatic N) is 5. The third-order valence-corrected chi connectivity index (χ3v) is 5.69. The number of H-pyrrole nitrogens is 1. The van der Waals surface area contributed by atoms with Crippen LogP contribution in [0.15, 0.2) is 29.9 Å². The van der Waals surface area contributed by atoms with Crippen molar-refractivity contribution in [1.82, 2.24) is 29.3 Å². The minimum absolute atomic E-state index is 0.106. The monoisotopic (exact) mass is 452 g/mol. The van der Waals surface area contributed by atoms with Crippen LogP contribution in [-0.4, -0.2) is 60.7 Å². The molecule has 0 saturated carbocycles. The molecule has 2 N–H and O–H groups in total. The van der Waals surface area contributed by atoms with E-state index in [1.54, 1.807) is 41.0 Å². The van der Waals surface area contributed by atoms with Gasteiger partial charge in [0.2, 0.25) is 0 Å². The van der Waals surface area contributed by atoms with Gasteiger partial charge in [0.25, 0.3) is 0 Å². The third-order valence-electron chi connectivity index (χ3n) is 4.53. The van der Waals surface area contributed by atoms with Crippen LogP contribution in [0.4, 0.5) is 4.39 Å². The Balaban J connectivity index is 1.94. The molecule has 0 aliphatic heterocycles. The van der Waals surface area contributed by atoms with Crippen LogP contribution < -0.4 is 4.74 Å². The van der Waals surface area contributed by atoms with E-state index in [9.17, 15) is 5.11 Å². The van der Waals surface area contributed by atoms with E-state index in [1.165, 1.54) is 14.2 Å². The highest BCUT2D eigenvalue weighted by Gasteiger charge is 2.26. The lowest BCUT2D eigenvalue weighted by molar-refractivity contribution is 0.116. The number of aryl methyl sites for hydroxylation is 1. The summed E-state index contributed by atoms with van der Waals surface area (Å²) >= 11 is 7.23. The van der Waals surface area contributed by atoms with Gasteiger partial charge < -0.3 is 28.7 Å². The number of fused-ring (bicyclic) bond motifs is 1. The molecule has 158 valence electrons. The summed E-state index contributed by atoms with van der Waals surface area (Å²) in [6.45, 7) is 0.137. The van der Waals surface area contributed by atoms with Gasteiger partial charge in [0.15, 0.2) is 16.8 Å². The van der Waals surface area contributed by atoms with Crippen LogP contribution in [0, 0.1) is 5.82 Å². The fourth-order valence-corrected chi connectivity index (χ4v) is 4.21. The molecule has 0 spiro atoms. The van der Waals surface area contributed by atoms with Crippen molar-refractivity contribution in [1.29, 1.82) is 0 Å². The first-order valence-corrected chi connectivity index (χ1v) is 10.0. The number of imidazole rings is 1. The highest BCUT2D eigenvalue weighted by atomic mass is 35.5. The lowest BCUT2D eigenvalue weighted by Crippen LogP contribution is -2.09. The van der Waals surface area contributed by atoms with Crippen LogP contribution in [0.1, 0.15) is 0 Å². The fraction of sp³-hybridized carbons (Fsp3) is 0.278. The van der Waals surface area contributed by atoms with Crippen LogP contribution in [0.25, 0.3) is 28.1 Å². The molecule has 0 amide bonds. The first-order chi connectivity index (χ1) is 14.5. The standard InChI is InChI=1S/C18H18ClFN6O3S/c1-25-14-9(6-10(29-3)12(19)13(14)20)15(26-5-4-21-8-26)16(25)17-22-18(24-23-17)30-11(27)7-28-2/h4-6,8,11,27H,7H2,1-3H3,(H,22,23,24)/t11-/m0/s1. The Kier molecular flexibility index (Phi) is 5.69. The maximum absolute atomic E-state index is 15.2. The van der Waals surface area contributed by atoms with Crippen molar-refractivity contribution in [3.05, 3.63) is 35.6 Å². The van der Waals surface area contributed by atoms with Gasteiger partial charge in [-0.3, -0.25) is 0 Å². The molecule has 3 heterocycles. The number of rotatable bonds is 7. The molecule has 30 heavy (non-hydrogen) atoms. The smallest absolute Gasteiger partial charge is 0.191 e. The lowest BCUT2D eigenvalue weighted by atomic mass is 10.2. The SMILES string of the molecule is COC[C@@H](O)Sc1nnc(-c2c(-n3ccnc3)c3cc(OC)c(Cl)c(F)c3n2C)[nH]1. The molecule has 4 rings (SSSR count). The van der Waals surface area contributed by atoms with Gasteiger partial charge in [0.1, 0.15) is 21.9 Å². The van der Waals surface area contributed by atoms with Crippen LogP contribution in [-0.2, 0) is 11.8 Å². The zero-order valence-corrected chi connectivity index (χ0v) is 17.8. The number of methoxy groups -OCH3 is 2. The summed E-state index contributed by atoms with van der Waals surface area (Å²) in [7, 11) is 4.63. The largest absolute Gasteiger partial charge is 0.495 e. The number of aliphatic hydroxyl groups excluding tert-OH is 1. The van der Waals surface area contributed by atoms with E-state index in [2.05, 4.69) is 20.2 Å². The molecule has 0 fully saturated rings. The third kappa shape index (κ3) is 3.43. The summed E-state index contributed by atoms with van der Waals surface area (Å²) in [5, 5.41) is 19.1. The van der Waals surface area contributed by atoms with Crippen molar-refractivity contribution in [3.63, 3.8) is 0 Å². The summed E-state index contributed by atoms with van der Waals surface area (Å²) in [4.78, 5) is 7.17. The van der Waals surface area contributed by atoms with E-state index < -0.39 is 11.3 Å². The van der Waals surface area contributed by atoms with Crippen molar-refractivity contribution in [3.8, 4) is 23.0 Å². The molecular formula is C18H18ClFN6O3S. The summed E-state index contributed by atoms with van der Waals surface area (Å²) in [5.74, 6) is 0.00135. The van der Waals surface area contributed by atoms with Gasteiger partial charge in [-0.05, 0) is 6.07 Å². The summed E-state index contributed by atoms with van der Waals surface area (Å²) in [5.41, 5.74) is 0.664. The zero-order chi connectivity index (χ0) is 21.4. The van der Waals surface area contributed by atoms with Crippen molar-refractivity contribution in [2.75, 3.05) is 20.8 Å². The first kappa shape index (κ1) is 20.7. The quantitative estimate of drug-likeness (QED) is 0.328. The second-order valence-corrected chi connectivity index (χ2v) is 7.88. The molecule has 3 aromatic heterocycles. The van der Waals surface area contributed by atoms with Crippen LogP contribution >= 0.6 is 23.4 Å². The van der Waals surface area contributed by atoms with E-state index in [4.69, 9.17) is 21.1 Å². The molecule has 0 unspecified atom stereocenters. The topological polar surface area (TPSA) is 103 Å². The van der Waals surface area contributed by atoms with E-state index >= 15 is 4.39 Å². The van der Waals surface area contributed by atoms with E-state index in [0.29, 0.717) is 27.7 Å². The summed E-state index contributed by atoms with van der Waals surface area (Å²) in [6, 6.07) is 1.67. The van der Waals surface area contributed by atoms with Gasteiger partial charge in [-0.15, -0.1) is 10.2 Å². The van der Waals surface area contributed by atoms with E-state index in [1.807, 2.05) is 0 Å². The van der Waals surface area contributed by atoms with E-state index in [0.717, 1.165) is 11.8 Å². The van der Waals surface area contributed by atoms with Crippen LogP contribution in [0.3, 0.4) is 0 Å². The van der Waals surface area contributed by atoms with Crippen molar-refractivity contribution in [2.24, 2.45) is 7.05 Å². The van der Waals surface area contributed by atoms with Crippen LogP contribution in [0.2, 0.25) is 5.02 Å². The maximum Gasteiger partial charge on any atom is 0.191 e. The first-order valence-electron chi connectivity index (χ1n) is 8.75. The second-order valence-electron chi connectivity index (χ2n) is 6.34. The molecule has 0 bridgehead atoms. The molecule has 0 aliphatic carbocycles. The minimum atomic E-state index is -0.808. The number of aliphatic hydroxyl groups is 1. The molecule has 4 aromatic rings. The van der Waals surface area contributed by atoms with Crippen molar-refractivity contribution < 1.29 is 19.0 Å². The number of hydrogen-bond acceptors (Lipinski definition) is 7. The molecular weight excluding hydrogens is 435 g/mol. The fourth-order valence-electron chi connectivity index (χ4n) is 3.28. The molecule has 9 nitrogen and oxygen atoms in total. The van der Waals surface area contributed by atoms with Gasteiger partial charge in [0, 0.05) is 31.9 Å². The van der Waals surface area contributed by atoms with Crippen molar-refractivity contribution >= 4 is 34.3 Å². The summed E-state index contributed by atoms with van der Waals surface area (Å²) in [6.07, 6.45) is 4.96. The number of benzene rings is 1. The van der Waals surface area contributed by atoms with Gasteiger partial charge in [-0.2, -0.15) is 0 Å². The Morgan fingerprint density at radius 2 is 2.17 bits per heavy atom. The van der Waals surface area contributed by atoms with Gasteiger partial charge in [-0.25, -0.2) is 9.37 Å². The highest BCUT2D eigenvalue weighted by molar-refractivity contribution is 7.99. The zero-order valence-electron chi connectivity index (χ0n) is 16.3. The highest BCUT2D eigenvalue weighted by Crippen LogP contribution is 2.41. The Hall–Kier alpha value is -2.60. The Labute approximate surface area is 179 Å². The van der Waals surface area contributed by atoms with Crippen molar-refractivity contribution in [2.45, 2.75) is 10.6 Å². The molecule has 0 saturated heterocycles. The van der Waals surface area contributed by atoms with E-state index in [-0.39, 0.29) is 22.9 Å². The maximum atomic E-state index is 15.2. The molecule has 1 aromatic carbocycles. The number of aromatic amines is 1. The Morgan fingerprint density at radius 1 is 1.37 bits per heavy atom. The average Bonchev–Trinajstić information content (AvgIpc) is 3.44. The predicted molar refractivity (Wildman–Crippen MR) is 111 cm³/mol. The van der Waals surface area contributed by atoms with Gasteiger partial charge in [0.05, 0.1) is 31.2 Å². The number of thioether (sulfide) groups is 1. The number of hydrogen-bond donors (Lipinski definition) is 2. The Bertz CT molecular complexity index is 1190. The summed E-state index contributed by atoms with van der Waals surface area (Å²) < 4.78 is 28.7.